The van der Waals surface area contributed by atoms with Crippen molar-refractivity contribution in [1.29, 1.82) is 0 Å². The number of amides is 1. The van der Waals surface area contributed by atoms with Crippen LogP contribution in [0.2, 0.25) is 0 Å². The number of para-hydroxylation sites is 1. The number of rotatable bonds is 8. The van der Waals surface area contributed by atoms with Crippen molar-refractivity contribution in [2.75, 3.05) is 18.5 Å². The molecule has 0 radical (unpaired) electrons. The molecule has 9 nitrogen and oxygen atoms in total. The number of hydrogen-bond donors (Lipinski definition) is 2. The van der Waals surface area contributed by atoms with Gasteiger partial charge in [0.15, 0.2) is 23.4 Å². The lowest BCUT2D eigenvalue weighted by Crippen LogP contribution is -2.24. The molecule has 0 saturated heterocycles. The van der Waals surface area contributed by atoms with E-state index in [-0.39, 0.29) is 12.5 Å². The van der Waals surface area contributed by atoms with Crippen LogP contribution in [-0.2, 0) is 4.79 Å². The second-order valence-electron chi connectivity index (χ2n) is 6.65. The van der Waals surface area contributed by atoms with E-state index >= 15 is 0 Å². The number of carbonyl (C=O) groups excluding carboxylic acids is 1. The van der Waals surface area contributed by atoms with Crippen molar-refractivity contribution in [2.24, 2.45) is 0 Å². The van der Waals surface area contributed by atoms with Crippen molar-refractivity contribution in [3.63, 3.8) is 0 Å². The van der Waals surface area contributed by atoms with Crippen molar-refractivity contribution in [1.82, 2.24) is 20.6 Å². The van der Waals surface area contributed by atoms with Gasteiger partial charge in [0.2, 0.25) is 5.91 Å². The maximum Gasteiger partial charge on any atom is 0.248 e. The van der Waals surface area contributed by atoms with Crippen LogP contribution in [0.25, 0.3) is 6.08 Å². The highest BCUT2D eigenvalue weighted by Crippen LogP contribution is 2.41. The first-order valence-corrected chi connectivity index (χ1v) is 9.72. The molecule has 0 saturated carbocycles. The second kappa shape index (κ2) is 9.57. The quantitative estimate of drug-likeness (QED) is 0.327. The Balaban J connectivity index is 1.39. The van der Waals surface area contributed by atoms with Gasteiger partial charge in [0.25, 0.3) is 0 Å². The van der Waals surface area contributed by atoms with Crippen LogP contribution in [0.3, 0.4) is 0 Å². The number of H-pyrrole nitrogens is 1. The lowest BCUT2D eigenvalue weighted by molar-refractivity contribution is -0.111. The second-order valence-corrected chi connectivity index (χ2v) is 6.65. The highest BCUT2D eigenvalue weighted by atomic mass is 16.6. The minimum Gasteiger partial charge on any atom is -0.493 e. The van der Waals surface area contributed by atoms with Crippen LogP contribution in [-0.4, -0.2) is 39.7 Å². The number of ether oxygens (including phenoxy) is 3. The average molecular weight is 419 g/mol. The maximum atomic E-state index is 12.5. The molecule has 0 bridgehead atoms. The molecule has 158 valence electrons. The number of aromatic amines is 1. The number of nitrogens with one attached hydrogen (secondary N) is 2. The lowest BCUT2D eigenvalue weighted by atomic mass is 10.2. The van der Waals surface area contributed by atoms with Crippen LogP contribution in [0.5, 0.6) is 17.2 Å². The van der Waals surface area contributed by atoms with Crippen molar-refractivity contribution in [3.05, 3.63) is 72.6 Å². The Morgan fingerprint density at radius 2 is 2.16 bits per heavy atom. The summed E-state index contributed by atoms with van der Waals surface area (Å²) in [6, 6.07) is 12.8. The van der Waals surface area contributed by atoms with Gasteiger partial charge in [-0.1, -0.05) is 24.3 Å². The standard InChI is InChI=1S/C22H21N5O4/c1-2-3-13-29-16-10-7-15(8-11-16)9-12-20(28)23-17-5-4-6-18-21(17)31-19(14-30-18)22-24-26-27-25-22/h2,4-12,19H,1,3,13-14H2,(H,23,28)(H,24,25,26,27)/b12-9+. The normalized spacial score (nSPS) is 14.9. The third-order valence-corrected chi connectivity index (χ3v) is 4.45. The Labute approximate surface area is 178 Å². The van der Waals surface area contributed by atoms with Crippen LogP contribution in [0.4, 0.5) is 5.69 Å². The monoisotopic (exact) mass is 419 g/mol. The first-order valence-electron chi connectivity index (χ1n) is 9.72. The summed E-state index contributed by atoms with van der Waals surface area (Å²) in [6.07, 6.45) is 5.27. The summed E-state index contributed by atoms with van der Waals surface area (Å²) in [5.41, 5.74) is 1.37. The number of carbonyl (C=O) groups is 1. The van der Waals surface area contributed by atoms with Gasteiger partial charge in [0.1, 0.15) is 12.4 Å². The smallest absolute Gasteiger partial charge is 0.248 e. The Bertz CT molecular complexity index is 1060. The van der Waals surface area contributed by atoms with E-state index in [0.717, 1.165) is 17.7 Å². The number of hydrogen-bond acceptors (Lipinski definition) is 7. The molecule has 2 N–H and O–H groups in total. The molecule has 0 fully saturated rings. The molecular weight excluding hydrogens is 398 g/mol. The third kappa shape index (κ3) is 5.08. The number of anilines is 1. The lowest BCUT2D eigenvalue weighted by Gasteiger charge is -2.26. The summed E-state index contributed by atoms with van der Waals surface area (Å²) < 4.78 is 17.3. The van der Waals surface area contributed by atoms with E-state index in [0.29, 0.717) is 29.6 Å². The zero-order valence-electron chi connectivity index (χ0n) is 16.7. The first kappa shape index (κ1) is 20.1. The zero-order valence-corrected chi connectivity index (χ0v) is 16.7. The Morgan fingerprint density at radius 3 is 2.94 bits per heavy atom. The van der Waals surface area contributed by atoms with Gasteiger partial charge >= 0.3 is 0 Å². The zero-order chi connectivity index (χ0) is 21.5. The molecule has 1 atom stereocenters. The summed E-state index contributed by atoms with van der Waals surface area (Å²) in [7, 11) is 0. The first-order chi connectivity index (χ1) is 15.2. The summed E-state index contributed by atoms with van der Waals surface area (Å²) >= 11 is 0. The molecule has 3 aromatic rings. The molecule has 2 aromatic carbocycles. The van der Waals surface area contributed by atoms with Crippen LogP contribution < -0.4 is 19.5 Å². The SMILES string of the molecule is C=CCCOc1ccc(/C=C/C(=O)Nc2cccc3c2OC(c2nnn[nH]2)CO3)cc1. The van der Waals surface area contributed by atoms with Crippen molar-refractivity contribution in [3.8, 4) is 17.2 Å². The molecule has 1 aliphatic rings. The summed E-state index contributed by atoms with van der Waals surface area (Å²) in [5, 5.41) is 16.5. The van der Waals surface area contributed by atoms with Gasteiger partial charge in [-0.05, 0) is 52.8 Å². The van der Waals surface area contributed by atoms with Gasteiger partial charge in [0, 0.05) is 6.08 Å². The minimum atomic E-state index is -0.497. The molecule has 9 heteroatoms. The van der Waals surface area contributed by atoms with E-state index in [1.54, 1.807) is 24.3 Å². The van der Waals surface area contributed by atoms with E-state index in [9.17, 15) is 4.79 Å². The Hall–Kier alpha value is -4.14. The fraction of sp³-hybridized carbons (Fsp3) is 0.182. The van der Waals surface area contributed by atoms with Gasteiger partial charge in [-0.2, -0.15) is 0 Å². The van der Waals surface area contributed by atoms with E-state index < -0.39 is 6.10 Å². The molecule has 1 aliphatic heterocycles. The van der Waals surface area contributed by atoms with Gasteiger partial charge < -0.3 is 19.5 Å². The molecule has 31 heavy (non-hydrogen) atoms. The number of tetrazole rings is 1. The predicted octanol–water partition coefficient (Wildman–Crippen LogP) is 3.32. The van der Waals surface area contributed by atoms with Gasteiger partial charge in [0.05, 0.1) is 12.3 Å². The number of aromatic nitrogens is 4. The predicted molar refractivity (Wildman–Crippen MR) is 114 cm³/mol. The van der Waals surface area contributed by atoms with E-state index in [1.807, 2.05) is 30.3 Å². The number of fused-ring (bicyclic) bond motifs is 1. The van der Waals surface area contributed by atoms with E-state index in [4.69, 9.17) is 14.2 Å². The fourth-order valence-corrected chi connectivity index (χ4v) is 2.91. The van der Waals surface area contributed by atoms with Crippen LogP contribution in [0, 0.1) is 0 Å². The van der Waals surface area contributed by atoms with Crippen LogP contribution in [0.15, 0.2) is 61.2 Å². The van der Waals surface area contributed by atoms with Gasteiger partial charge in [-0.3, -0.25) is 4.79 Å². The highest BCUT2D eigenvalue weighted by molar-refractivity contribution is 6.03. The van der Waals surface area contributed by atoms with Crippen molar-refractivity contribution >= 4 is 17.7 Å². The molecule has 1 amide bonds. The van der Waals surface area contributed by atoms with Crippen molar-refractivity contribution in [2.45, 2.75) is 12.5 Å². The maximum absolute atomic E-state index is 12.5. The minimum absolute atomic E-state index is 0.258. The summed E-state index contributed by atoms with van der Waals surface area (Å²) in [6.45, 7) is 4.51. The molecule has 1 unspecified atom stereocenters. The van der Waals surface area contributed by atoms with Crippen molar-refractivity contribution < 1.29 is 19.0 Å². The summed E-state index contributed by atoms with van der Waals surface area (Å²) in [4.78, 5) is 12.5. The molecule has 4 rings (SSSR count). The number of benzene rings is 2. The number of nitrogens with zero attached hydrogens (tertiary/aromatic N) is 3. The van der Waals surface area contributed by atoms with Crippen LogP contribution in [0.1, 0.15) is 23.9 Å². The van der Waals surface area contributed by atoms with E-state index in [1.165, 1.54) is 6.08 Å². The van der Waals surface area contributed by atoms with Gasteiger partial charge in [-0.25, -0.2) is 5.10 Å². The van der Waals surface area contributed by atoms with Crippen LogP contribution >= 0.6 is 0 Å². The molecule has 0 spiro atoms. The third-order valence-electron chi connectivity index (χ3n) is 4.45. The molecule has 2 heterocycles. The van der Waals surface area contributed by atoms with Gasteiger partial charge in [-0.15, -0.1) is 11.7 Å². The summed E-state index contributed by atoms with van der Waals surface area (Å²) in [5.74, 6) is 1.89. The topological polar surface area (TPSA) is 111 Å². The molecular formula is C22H21N5O4. The Morgan fingerprint density at radius 1 is 1.29 bits per heavy atom. The fourth-order valence-electron chi connectivity index (χ4n) is 2.91. The Kier molecular flexibility index (Phi) is 6.22. The molecule has 1 aromatic heterocycles. The largest absolute Gasteiger partial charge is 0.493 e. The van der Waals surface area contributed by atoms with E-state index in [2.05, 4.69) is 32.5 Å². The molecule has 0 aliphatic carbocycles. The average Bonchev–Trinajstić information content (AvgIpc) is 3.34. The highest BCUT2D eigenvalue weighted by Gasteiger charge is 2.27.